The van der Waals surface area contributed by atoms with Crippen molar-refractivity contribution in [1.82, 2.24) is 4.57 Å². The van der Waals surface area contributed by atoms with Crippen molar-refractivity contribution in [2.24, 2.45) is 29.6 Å². The fraction of sp³-hybridized carbons (Fsp3) is 0.333. The van der Waals surface area contributed by atoms with E-state index in [4.69, 9.17) is 21.1 Å². The third-order valence-corrected chi connectivity index (χ3v) is 13.6. The number of ether oxygens (including phenoxy) is 2. The number of hydrogen-bond donors (Lipinski definition) is 1. The number of thioether (sulfide) groups is 1. The number of aromatic nitrogens is 1. The molecule has 2 saturated carbocycles. The van der Waals surface area contributed by atoms with Crippen LogP contribution in [0.5, 0.6) is 11.5 Å². The number of carbonyl (C=O) groups excluding carboxylic acids is 3. The number of anilines is 2. The van der Waals surface area contributed by atoms with Gasteiger partial charge in [0.1, 0.15) is 6.54 Å². The van der Waals surface area contributed by atoms with E-state index in [0.717, 1.165) is 33.9 Å². The Morgan fingerprint density at radius 3 is 2.33 bits per heavy atom. The summed E-state index contributed by atoms with van der Waals surface area (Å²) in [4.78, 5) is 56.7. The lowest BCUT2D eigenvalue weighted by molar-refractivity contribution is -0.137. The molecule has 1 N–H and O–H groups in total. The molecule has 3 aromatic carbocycles. The molecule has 0 spiro atoms. The number of fused-ring (bicyclic) bond motifs is 9. The maximum absolute atomic E-state index is 14.1. The second kappa shape index (κ2) is 12.4. The fourth-order valence-electron chi connectivity index (χ4n) is 8.64. The predicted octanol–water partition coefficient (Wildman–Crippen LogP) is 6.92. The summed E-state index contributed by atoms with van der Waals surface area (Å²) in [7, 11) is 3.06. The van der Waals surface area contributed by atoms with Gasteiger partial charge in [-0.3, -0.25) is 28.6 Å². The van der Waals surface area contributed by atoms with Crippen molar-refractivity contribution in [2.45, 2.75) is 35.3 Å². The molecule has 8 rings (SSSR count). The third-order valence-electron chi connectivity index (χ3n) is 10.6. The van der Waals surface area contributed by atoms with E-state index in [9.17, 15) is 32.3 Å². The Morgan fingerprint density at radius 2 is 1.65 bits per heavy atom. The largest absolute Gasteiger partial charge is 0.493 e. The lowest BCUT2D eigenvalue weighted by Gasteiger charge is -2.43. The Hall–Kier alpha value is -4.27. The number of halogens is 4. The first-order valence-electron chi connectivity index (χ1n) is 16.1. The van der Waals surface area contributed by atoms with Crippen LogP contribution in [0.4, 0.5) is 24.5 Å². The van der Waals surface area contributed by atoms with Gasteiger partial charge in [-0.1, -0.05) is 35.1 Å². The highest BCUT2D eigenvalue weighted by molar-refractivity contribution is 8.00. The Kier molecular flexibility index (Phi) is 8.26. The quantitative estimate of drug-likeness (QED) is 0.204. The number of hydrogen-bond acceptors (Lipinski definition) is 8. The number of alkyl halides is 3. The molecule has 51 heavy (non-hydrogen) atoms. The number of methoxy groups -OCH3 is 2. The van der Waals surface area contributed by atoms with Gasteiger partial charge in [-0.2, -0.15) is 13.2 Å². The van der Waals surface area contributed by atoms with Crippen LogP contribution in [-0.2, 0) is 27.1 Å². The molecule has 3 amide bonds. The summed E-state index contributed by atoms with van der Waals surface area (Å²) in [6.45, 7) is -0.425. The number of benzene rings is 3. The molecule has 9 nitrogen and oxygen atoms in total. The van der Waals surface area contributed by atoms with Gasteiger partial charge in [0, 0.05) is 26.8 Å². The van der Waals surface area contributed by atoms with Gasteiger partial charge in [-0.25, -0.2) is 0 Å². The summed E-state index contributed by atoms with van der Waals surface area (Å²) in [5, 5.41) is 3.39. The molecule has 4 aliphatic rings. The zero-order chi connectivity index (χ0) is 35.9. The molecule has 2 bridgehead atoms. The topological polar surface area (TPSA) is 107 Å². The van der Waals surface area contributed by atoms with E-state index in [2.05, 4.69) is 5.32 Å². The van der Waals surface area contributed by atoms with Crippen molar-refractivity contribution in [2.75, 3.05) is 24.4 Å². The molecule has 7 atom stereocenters. The lowest BCUT2D eigenvalue weighted by Crippen LogP contribution is -2.43. The minimum absolute atomic E-state index is 0.0447. The summed E-state index contributed by atoms with van der Waals surface area (Å²) in [6, 6.07) is 16.5. The van der Waals surface area contributed by atoms with Crippen molar-refractivity contribution in [3.05, 3.63) is 97.4 Å². The summed E-state index contributed by atoms with van der Waals surface area (Å²) < 4.78 is 52.4. The normalized spacial score (nSPS) is 26.2. The van der Waals surface area contributed by atoms with Crippen molar-refractivity contribution in [3.8, 4) is 11.5 Å². The number of amides is 3. The molecular formula is C36H29ClF3N3O6S2. The van der Waals surface area contributed by atoms with Crippen molar-refractivity contribution < 1.29 is 37.0 Å². The highest BCUT2D eigenvalue weighted by Gasteiger charge is 2.70. The maximum Gasteiger partial charge on any atom is 0.416 e. The van der Waals surface area contributed by atoms with Gasteiger partial charge in [0.2, 0.25) is 17.7 Å². The Labute approximate surface area is 302 Å². The van der Waals surface area contributed by atoms with Gasteiger partial charge in [-0.05, 0) is 84.3 Å². The number of thiazole rings is 1. The van der Waals surface area contributed by atoms with Gasteiger partial charge in [0.25, 0.3) is 0 Å². The van der Waals surface area contributed by atoms with E-state index in [-0.39, 0.29) is 46.4 Å². The van der Waals surface area contributed by atoms with E-state index in [0.29, 0.717) is 33.7 Å². The van der Waals surface area contributed by atoms with Crippen LogP contribution in [0, 0.1) is 29.6 Å². The molecule has 4 aromatic rings. The number of imide groups is 1. The smallest absolute Gasteiger partial charge is 0.416 e. The maximum atomic E-state index is 14.1. The van der Waals surface area contributed by atoms with Crippen molar-refractivity contribution in [3.63, 3.8) is 0 Å². The summed E-state index contributed by atoms with van der Waals surface area (Å²) >= 11 is 8.55. The van der Waals surface area contributed by atoms with E-state index in [1.54, 1.807) is 30.3 Å². The fourth-order valence-corrected chi connectivity index (χ4v) is 11.9. The van der Waals surface area contributed by atoms with Crippen LogP contribution in [0.3, 0.4) is 0 Å². The molecule has 0 radical (unpaired) electrons. The minimum atomic E-state index is -4.59. The average Bonchev–Trinajstić information content (AvgIpc) is 3.83. The zero-order valence-electron chi connectivity index (χ0n) is 27.0. The first-order valence-corrected chi connectivity index (χ1v) is 18.2. The molecular weight excluding hydrogens is 727 g/mol. The van der Waals surface area contributed by atoms with Gasteiger partial charge in [0.15, 0.2) is 11.5 Å². The highest BCUT2D eigenvalue weighted by Crippen LogP contribution is 2.69. The summed E-state index contributed by atoms with van der Waals surface area (Å²) in [5.41, 5.74) is 0.349. The van der Waals surface area contributed by atoms with Gasteiger partial charge in [0.05, 0.1) is 42.3 Å². The zero-order valence-corrected chi connectivity index (χ0v) is 29.4. The molecule has 1 saturated heterocycles. The van der Waals surface area contributed by atoms with Gasteiger partial charge >= 0.3 is 11.0 Å². The van der Waals surface area contributed by atoms with E-state index < -0.39 is 40.9 Å². The van der Waals surface area contributed by atoms with Crippen LogP contribution in [0.25, 0.3) is 0 Å². The Morgan fingerprint density at radius 1 is 0.941 bits per heavy atom. The predicted molar refractivity (Wildman–Crippen MR) is 186 cm³/mol. The van der Waals surface area contributed by atoms with E-state index >= 15 is 0 Å². The van der Waals surface area contributed by atoms with Crippen LogP contribution >= 0.6 is 34.7 Å². The van der Waals surface area contributed by atoms with E-state index in [1.165, 1.54) is 47.6 Å². The van der Waals surface area contributed by atoms with Crippen LogP contribution in [0.2, 0.25) is 5.02 Å². The SMILES string of the molecule is COc1ccc(C2c3sc(=O)n(CC(=O)Nc4cccc(C(F)(F)F)c4)c3SC3C4CC(C5C(=O)N(c6ccc(Cl)cc6)C(=O)C45)C23)cc1OC. The molecule has 264 valence electrons. The van der Waals surface area contributed by atoms with Crippen LogP contribution in [-0.4, -0.2) is 41.8 Å². The van der Waals surface area contributed by atoms with Gasteiger partial charge in [-0.15, -0.1) is 11.8 Å². The molecule has 3 heterocycles. The summed E-state index contributed by atoms with van der Waals surface area (Å²) in [5.74, 6) is -2.06. The first-order chi connectivity index (χ1) is 24.4. The number of nitrogens with zero attached hydrogens (tertiary/aromatic N) is 2. The van der Waals surface area contributed by atoms with Crippen LogP contribution in [0.1, 0.15) is 28.3 Å². The minimum Gasteiger partial charge on any atom is -0.493 e. The van der Waals surface area contributed by atoms with Crippen LogP contribution < -0.4 is 24.6 Å². The van der Waals surface area contributed by atoms with Gasteiger partial charge < -0.3 is 14.8 Å². The monoisotopic (exact) mass is 755 g/mol. The molecule has 2 aliphatic heterocycles. The Balaban J connectivity index is 1.18. The second-order valence-corrected chi connectivity index (χ2v) is 15.7. The van der Waals surface area contributed by atoms with Crippen LogP contribution in [0.15, 0.2) is 76.6 Å². The van der Waals surface area contributed by atoms with E-state index in [1.807, 2.05) is 12.1 Å². The standard InChI is InChI=1S/C36H29ClF3N3O6S2/c1-48-23-11-6-16(12-24(23)49-2)26-27-21-14-22(29-28(21)32(45)43(33(29)46)20-9-7-18(37)8-10-20)30(27)50-34-31(26)51-35(47)42(34)15-25(44)41-19-5-3-4-17(13-19)36(38,39)40/h3-13,21-22,26-30H,14-15H2,1-2H3,(H,41,44). The van der Waals surface area contributed by atoms with Crippen molar-refractivity contribution in [1.29, 1.82) is 0 Å². The number of rotatable bonds is 7. The molecule has 1 aromatic heterocycles. The molecule has 7 unspecified atom stereocenters. The molecule has 2 aliphatic carbocycles. The third kappa shape index (κ3) is 5.45. The second-order valence-electron chi connectivity index (χ2n) is 13.1. The summed E-state index contributed by atoms with van der Waals surface area (Å²) in [6.07, 6.45) is -3.93. The lowest BCUT2D eigenvalue weighted by atomic mass is 9.68. The number of nitrogens with one attached hydrogen (secondary N) is 1. The molecule has 3 fully saturated rings. The highest BCUT2D eigenvalue weighted by atomic mass is 35.5. The number of carbonyl (C=O) groups is 3. The average molecular weight is 756 g/mol. The first kappa shape index (κ1) is 33.9. The van der Waals surface area contributed by atoms with Crippen molar-refractivity contribution >= 4 is 63.8 Å². The molecule has 15 heteroatoms. The Bertz CT molecular complexity index is 2150.